The second-order valence-corrected chi connectivity index (χ2v) is 21.6. The van der Waals surface area contributed by atoms with E-state index in [1.807, 2.05) is 23.6 Å². The summed E-state index contributed by atoms with van der Waals surface area (Å²) in [4.78, 5) is 41.7. The molecular formula is C49H76Cl3NO6S2. The molecule has 0 bridgehead atoms. The Bertz CT molecular complexity index is 1490. The van der Waals surface area contributed by atoms with Gasteiger partial charge in [-0.1, -0.05) is 209 Å². The molecule has 1 aromatic carbocycles. The fourth-order valence-electron chi connectivity index (χ4n) is 7.92. The molecule has 1 aliphatic heterocycles. The number of thioether (sulfide) groups is 1. The van der Waals surface area contributed by atoms with Crippen LogP contribution in [0.1, 0.15) is 211 Å². The number of carbonyl (C=O) groups excluding carboxylic acids is 3. The number of unbranched alkanes of at least 4 members (excludes halogenated alkanes) is 24. The van der Waals surface area contributed by atoms with Crippen LogP contribution in [0.5, 0.6) is 11.5 Å². The highest BCUT2D eigenvalue weighted by Crippen LogP contribution is 2.42. The molecule has 61 heavy (non-hydrogen) atoms. The number of alkyl halides is 3. The number of hydrogen-bond donors (Lipinski definition) is 0. The Morgan fingerprint density at radius 2 is 1.11 bits per heavy atom. The van der Waals surface area contributed by atoms with Crippen molar-refractivity contribution in [2.24, 2.45) is 0 Å². The molecule has 0 spiro atoms. The van der Waals surface area contributed by atoms with E-state index in [4.69, 9.17) is 49.0 Å². The summed E-state index contributed by atoms with van der Waals surface area (Å²) in [5, 5.41) is 2.01. The molecule has 7 nitrogen and oxygen atoms in total. The lowest BCUT2D eigenvalue weighted by Crippen LogP contribution is -2.42. The lowest BCUT2D eigenvalue weighted by Gasteiger charge is -2.37. The number of hydrogen-bond acceptors (Lipinski definition) is 8. The molecule has 0 fully saturated rings. The second kappa shape index (κ2) is 32.9. The number of nitrogens with zero attached hydrogens (tertiary/aromatic N) is 1. The van der Waals surface area contributed by atoms with Crippen LogP contribution in [-0.4, -0.2) is 45.6 Å². The van der Waals surface area contributed by atoms with Gasteiger partial charge in [0.15, 0.2) is 11.5 Å². The smallest absolute Gasteiger partial charge is 0.410 e. The highest BCUT2D eigenvalue weighted by molar-refractivity contribution is 8.01. The SMILES string of the molecule is CCCCCCCCCCCCCCCC(=O)Oc1cc2c(cc1OC(=O)CCCCCCCCCCCCCCC)C(CSc1cccs1)N(C(=O)OCC(Cl)(Cl)Cl)CC2. The van der Waals surface area contributed by atoms with Crippen LogP contribution < -0.4 is 9.47 Å². The Kier molecular flexibility index (Phi) is 29.0. The van der Waals surface area contributed by atoms with E-state index in [0.29, 0.717) is 25.1 Å². The van der Waals surface area contributed by atoms with E-state index < -0.39 is 15.9 Å². The number of halogens is 3. The average Bonchev–Trinajstić information content (AvgIpc) is 3.76. The van der Waals surface area contributed by atoms with Gasteiger partial charge in [0.2, 0.25) is 3.79 Å². The quantitative estimate of drug-likeness (QED) is 0.0227. The molecule has 0 aliphatic carbocycles. The first-order valence-electron chi connectivity index (χ1n) is 23.9. The van der Waals surface area contributed by atoms with Crippen molar-refractivity contribution in [1.82, 2.24) is 4.90 Å². The number of fused-ring (bicyclic) bond motifs is 1. The van der Waals surface area contributed by atoms with Crippen molar-refractivity contribution >= 4 is 75.9 Å². The van der Waals surface area contributed by atoms with E-state index in [9.17, 15) is 14.4 Å². The summed E-state index contributed by atoms with van der Waals surface area (Å²) in [5.41, 5.74) is 1.73. The van der Waals surface area contributed by atoms with E-state index in [0.717, 1.165) is 53.9 Å². The summed E-state index contributed by atoms with van der Waals surface area (Å²) < 4.78 is 16.8. The Balaban J connectivity index is 1.60. The Morgan fingerprint density at radius 1 is 0.672 bits per heavy atom. The predicted molar refractivity (Wildman–Crippen MR) is 258 cm³/mol. The molecule has 0 radical (unpaired) electrons. The van der Waals surface area contributed by atoms with Gasteiger partial charge in [0, 0.05) is 25.1 Å². The third-order valence-electron chi connectivity index (χ3n) is 11.5. The van der Waals surface area contributed by atoms with E-state index in [2.05, 4.69) is 13.8 Å². The summed E-state index contributed by atoms with van der Waals surface area (Å²) in [6, 6.07) is 7.18. The summed E-state index contributed by atoms with van der Waals surface area (Å²) >= 11 is 21.0. The average molecular weight is 946 g/mol. The number of ether oxygens (including phenoxy) is 3. The zero-order valence-electron chi connectivity index (χ0n) is 37.4. The van der Waals surface area contributed by atoms with Gasteiger partial charge in [-0.15, -0.1) is 23.1 Å². The van der Waals surface area contributed by atoms with Crippen LogP contribution in [0.4, 0.5) is 4.79 Å². The van der Waals surface area contributed by atoms with Crippen LogP contribution >= 0.6 is 57.9 Å². The largest absolute Gasteiger partial charge is 0.445 e. The summed E-state index contributed by atoms with van der Waals surface area (Å²) in [5.74, 6) is 0.250. The standard InChI is InChI=1S/C49H76Cl3NO6S2/c1-3-5-7-9-11-13-15-17-19-21-23-25-27-30-45(54)58-43-36-40-33-34-53(48(56)57-39-49(50,51)52)42(38-61-47-32-29-35-60-47)41(40)37-44(43)59-46(55)31-28-26-24-22-20-18-16-14-12-10-8-6-4-2/h29,32,35-37,42H,3-28,30-31,33-34,38-39H2,1-2H3. The van der Waals surface area contributed by atoms with E-state index in [-0.39, 0.29) is 36.5 Å². The molecule has 1 aliphatic rings. The minimum absolute atomic E-state index is 0.194. The van der Waals surface area contributed by atoms with Gasteiger partial charge in [0.1, 0.15) is 6.61 Å². The van der Waals surface area contributed by atoms with Crippen molar-refractivity contribution in [2.75, 3.05) is 18.9 Å². The first kappa shape index (κ1) is 53.7. The fourth-order valence-corrected chi connectivity index (χ4v) is 10.0. The summed E-state index contributed by atoms with van der Waals surface area (Å²) in [7, 11) is 0. The zero-order valence-corrected chi connectivity index (χ0v) is 41.3. The highest BCUT2D eigenvalue weighted by atomic mass is 35.6. The molecule has 1 aromatic heterocycles. The van der Waals surface area contributed by atoms with E-state index >= 15 is 0 Å². The van der Waals surface area contributed by atoms with Gasteiger partial charge in [-0.3, -0.25) is 14.5 Å². The molecule has 12 heteroatoms. The molecule has 0 saturated heterocycles. The third-order valence-corrected chi connectivity index (χ3v) is 14.0. The number of rotatable bonds is 34. The van der Waals surface area contributed by atoms with Crippen LogP contribution in [-0.2, 0) is 20.7 Å². The molecule has 0 N–H and O–H groups in total. The van der Waals surface area contributed by atoms with Crippen molar-refractivity contribution in [1.29, 1.82) is 0 Å². The molecule has 0 saturated carbocycles. The fraction of sp³-hybridized carbons (Fsp3) is 0.735. The minimum atomic E-state index is -1.75. The number of carbonyl (C=O) groups is 3. The first-order valence-corrected chi connectivity index (χ1v) is 26.9. The van der Waals surface area contributed by atoms with Gasteiger partial charge in [-0.2, -0.15) is 0 Å². The van der Waals surface area contributed by atoms with Crippen molar-refractivity contribution in [3.8, 4) is 11.5 Å². The van der Waals surface area contributed by atoms with Crippen LogP contribution in [0.25, 0.3) is 0 Å². The normalized spacial score (nSPS) is 13.9. The first-order chi connectivity index (χ1) is 29.6. The van der Waals surface area contributed by atoms with Crippen molar-refractivity contribution in [3.05, 3.63) is 40.8 Å². The van der Waals surface area contributed by atoms with Gasteiger partial charge in [-0.05, 0) is 54.0 Å². The lowest BCUT2D eigenvalue weighted by atomic mass is 9.93. The van der Waals surface area contributed by atoms with Gasteiger partial charge in [0.05, 0.1) is 10.3 Å². The third kappa shape index (κ3) is 24.3. The highest BCUT2D eigenvalue weighted by Gasteiger charge is 2.35. The molecular weight excluding hydrogens is 869 g/mol. The Morgan fingerprint density at radius 3 is 1.54 bits per heavy atom. The van der Waals surface area contributed by atoms with Gasteiger partial charge in [-0.25, -0.2) is 4.79 Å². The van der Waals surface area contributed by atoms with Gasteiger partial charge >= 0.3 is 18.0 Å². The van der Waals surface area contributed by atoms with Crippen LogP contribution in [0.3, 0.4) is 0 Å². The topological polar surface area (TPSA) is 82.1 Å². The van der Waals surface area contributed by atoms with E-state index in [1.165, 1.54) is 128 Å². The maximum absolute atomic E-state index is 13.4. The molecule has 3 rings (SSSR count). The molecule has 2 heterocycles. The van der Waals surface area contributed by atoms with E-state index in [1.54, 1.807) is 34.1 Å². The number of esters is 2. The zero-order chi connectivity index (χ0) is 44.0. The van der Waals surface area contributed by atoms with Crippen LogP contribution in [0, 0.1) is 0 Å². The van der Waals surface area contributed by atoms with Gasteiger partial charge in [0.25, 0.3) is 0 Å². The molecule has 2 aromatic rings. The van der Waals surface area contributed by atoms with Crippen LogP contribution in [0.15, 0.2) is 33.9 Å². The maximum Gasteiger partial charge on any atom is 0.410 e. The minimum Gasteiger partial charge on any atom is -0.445 e. The van der Waals surface area contributed by atoms with Crippen molar-refractivity contribution < 1.29 is 28.6 Å². The number of benzene rings is 1. The number of amides is 1. The van der Waals surface area contributed by atoms with Crippen molar-refractivity contribution in [2.45, 2.75) is 214 Å². The maximum atomic E-state index is 13.4. The molecule has 1 unspecified atom stereocenters. The van der Waals surface area contributed by atoms with Crippen molar-refractivity contribution in [3.63, 3.8) is 0 Å². The van der Waals surface area contributed by atoms with Crippen LogP contribution in [0.2, 0.25) is 0 Å². The monoisotopic (exact) mass is 943 g/mol. The second-order valence-electron chi connectivity index (χ2n) is 16.8. The Hall–Kier alpha value is -1.65. The molecule has 1 amide bonds. The molecule has 1 atom stereocenters. The lowest BCUT2D eigenvalue weighted by molar-refractivity contribution is -0.137. The summed E-state index contributed by atoms with van der Waals surface area (Å²) in [6.07, 6.45) is 32.3. The predicted octanol–water partition coefficient (Wildman–Crippen LogP) is 16.7. The molecule has 346 valence electrons. The number of thiophene rings is 1. The summed E-state index contributed by atoms with van der Waals surface area (Å²) in [6.45, 7) is 4.48. The Labute approximate surface area is 392 Å². The van der Waals surface area contributed by atoms with Gasteiger partial charge < -0.3 is 14.2 Å².